The van der Waals surface area contributed by atoms with Crippen LogP contribution in [0, 0.1) is 0 Å². The highest BCUT2D eigenvalue weighted by atomic mass is 35.5. The van der Waals surface area contributed by atoms with E-state index >= 15 is 0 Å². The molecule has 3 aromatic rings. The highest BCUT2D eigenvalue weighted by Crippen LogP contribution is 2.33. The number of carbonyl (C=O) groups excluding carboxylic acids is 2. The highest BCUT2D eigenvalue weighted by molar-refractivity contribution is 6.30. The second kappa shape index (κ2) is 11.6. The number of anilines is 2. The Hall–Kier alpha value is -3.26. The van der Waals surface area contributed by atoms with Crippen molar-refractivity contribution in [3.63, 3.8) is 0 Å². The van der Waals surface area contributed by atoms with Gasteiger partial charge in [-0.05, 0) is 67.4 Å². The van der Waals surface area contributed by atoms with Gasteiger partial charge in [0.25, 0.3) is 0 Å². The molecule has 0 spiro atoms. The van der Waals surface area contributed by atoms with E-state index in [1.807, 2.05) is 66.7 Å². The molecule has 0 aromatic heterocycles. The first kappa shape index (κ1) is 25.8. The molecule has 2 aliphatic heterocycles. The Morgan fingerprint density at radius 3 is 2.42 bits per heavy atom. The van der Waals surface area contributed by atoms with E-state index in [1.54, 1.807) is 11.0 Å². The normalized spacial score (nSPS) is 15.9. The third kappa shape index (κ3) is 6.10. The SMILES string of the molecule is Cl.O=C(CN1CCC(N2C(=O)OCc3cc(Cl)ccc32)CC1)Nc1ccc(Oc2ccccc2)cc1. The molecule has 0 aliphatic carbocycles. The van der Waals surface area contributed by atoms with Crippen molar-refractivity contribution < 1.29 is 19.1 Å². The predicted octanol–water partition coefficient (Wildman–Crippen LogP) is 6.11. The van der Waals surface area contributed by atoms with Crippen LogP contribution in [0.25, 0.3) is 0 Å². The number of benzene rings is 3. The number of nitrogens with one attached hydrogen (secondary N) is 1. The van der Waals surface area contributed by atoms with E-state index in [9.17, 15) is 9.59 Å². The summed E-state index contributed by atoms with van der Waals surface area (Å²) in [5.41, 5.74) is 2.50. The predicted molar refractivity (Wildman–Crippen MR) is 142 cm³/mol. The van der Waals surface area contributed by atoms with E-state index < -0.39 is 0 Å². The van der Waals surface area contributed by atoms with Crippen molar-refractivity contribution in [2.75, 3.05) is 29.9 Å². The molecule has 0 unspecified atom stereocenters. The number of hydrogen-bond acceptors (Lipinski definition) is 5. The lowest BCUT2D eigenvalue weighted by Gasteiger charge is -2.40. The van der Waals surface area contributed by atoms with Gasteiger partial charge in [-0.3, -0.25) is 14.6 Å². The Labute approximate surface area is 221 Å². The van der Waals surface area contributed by atoms with Crippen LogP contribution < -0.4 is 15.0 Å². The molecule has 1 N–H and O–H groups in total. The first-order valence-electron chi connectivity index (χ1n) is 11.6. The first-order valence-corrected chi connectivity index (χ1v) is 12.0. The summed E-state index contributed by atoms with van der Waals surface area (Å²) >= 11 is 6.10. The molecule has 0 radical (unpaired) electrons. The van der Waals surface area contributed by atoms with E-state index in [1.165, 1.54) is 0 Å². The fourth-order valence-corrected chi connectivity index (χ4v) is 4.72. The van der Waals surface area contributed by atoms with Crippen molar-refractivity contribution in [2.45, 2.75) is 25.5 Å². The largest absolute Gasteiger partial charge is 0.457 e. The number of halogens is 2. The molecule has 2 aliphatic rings. The van der Waals surface area contributed by atoms with Crippen LogP contribution >= 0.6 is 24.0 Å². The van der Waals surface area contributed by atoms with Crippen molar-refractivity contribution >= 4 is 47.4 Å². The fraction of sp³-hybridized carbons (Fsp3) is 0.259. The maximum absolute atomic E-state index is 12.6. The standard InChI is InChI=1S/C27H26ClN3O4.ClH/c28-20-6-11-25-19(16-20)18-34-27(33)31(25)22-12-14-30(15-13-22)17-26(32)29-21-7-9-24(10-8-21)35-23-4-2-1-3-5-23;/h1-11,16,22H,12-15,17-18H2,(H,29,32);1H. The van der Waals surface area contributed by atoms with E-state index in [0.29, 0.717) is 30.4 Å². The number of rotatable bonds is 6. The summed E-state index contributed by atoms with van der Waals surface area (Å²) in [6.07, 6.45) is 1.20. The van der Waals surface area contributed by atoms with Gasteiger partial charge in [0, 0.05) is 35.4 Å². The van der Waals surface area contributed by atoms with Crippen LogP contribution in [0.4, 0.5) is 16.2 Å². The Morgan fingerprint density at radius 2 is 1.69 bits per heavy atom. The maximum atomic E-state index is 12.6. The minimum atomic E-state index is -0.323. The van der Waals surface area contributed by atoms with Gasteiger partial charge < -0.3 is 14.8 Å². The molecular weight excluding hydrogens is 501 g/mol. The molecule has 2 heterocycles. The Balaban J connectivity index is 0.00000304. The number of carbonyl (C=O) groups is 2. The van der Waals surface area contributed by atoms with Crippen LogP contribution in [-0.2, 0) is 16.1 Å². The zero-order valence-electron chi connectivity index (χ0n) is 19.6. The Kier molecular flexibility index (Phi) is 8.36. The molecule has 0 bridgehead atoms. The number of hydrogen-bond donors (Lipinski definition) is 1. The summed E-state index contributed by atoms with van der Waals surface area (Å²) in [4.78, 5) is 29.0. The lowest BCUT2D eigenvalue weighted by atomic mass is 10.0. The average Bonchev–Trinajstić information content (AvgIpc) is 2.87. The third-order valence-electron chi connectivity index (χ3n) is 6.26. The molecule has 0 atom stereocenters. The van der Waals surface area contributed by atoms with E-state index in [0.717, 1.165) is 35.5 Å². The number of nitrogens with zero attached hydrogens (tertiary/aromatic N) is 2. The third-order valence-corrected chi connectivity index (χ3v) is 6.49. The van der Waals surface area contributed by atoms with Gasteiger partial charge in [0.1, 0.15) is 18.1 Å². The van der Waals surface area contributed by atoms with Gasteiger partial charge in [-0.1, -0.05) is 29.8 Å². The van der Waals surface area contributed by atoms with Crippen LogP contribution in [0.15, 0.2) is 72.8 Å². The van der Waals surface area contributed by atoms with Crippen LogP contribution in [-0.4, -0.2) is 42.6 Å². The lowest BCUT2D eigenvalue weighted by molar-refractivity contribution is -0.117. The molecule has 2 amide bonds. The average molecular weight is 528 g/mol. The van der Waals surface area contributed by atoms with Crippen molar-refractivity contribution in [3.05, 3.63) is 83.4 Å². The molecule has 188 valence electrons. The van der Waals surface area contributed by atoms with Crippen molar-refractivity contribution in [2.24, 2.45) is 0 Å². The van der Waals surface area contributed by atoms with Crippen LogP contribution in [0.2, 0.25) is 5.02 Å². The summed E-state index contributed by atoms with van der Waals surface area (Å²) < 4.78 is 11.2. The minimum absolute atomic E-state index is 0. The Bertz CT molecular complexity index is 1200. The molecule has 7 nitrogen and oxygen atoms in total. The molecular formula is C27H27Cl2N3O4. The molecule has 1 saturated heterocycles. The van der Waals surface area contributed by atoms with Gasteiger partial charge in [-0.25, -0.2) is 4.79 Å². The molecule has 36 heavy (non-hydrogen) atoms. The number of likely N-dealkylation sites (tertiary alicyclic amines) is 1. The van der Waals surface area contributed by atoms with Crippen molar-refractivity contribution in [3.8, 4) is 11.5 Å². The number of ether oxygens (including phenoxy) is 2. The molecule has 5 rings (SSSR count). The van der Waals surface area contributed by atoms with Crippen molar-refractivity contribution in [1.29, 1.82) is 0 Å². The summed E-state index contributed by atoms with van der Waals surface area (Å²) in [6, 6.07) is 22.4. The zero-order chi connectivity index (χ0) is 24.2. The number of piperidine rings is 1. The van der Waals surface area contributed by atoms with Gasteiger partial charge in [0.15, 0.2) is 0 Å². The second-order valence-corrected chi connectivity index (χ2v) is 9.13. The summed E-state index contributed by atoms with van der Waals surface area (Å²) in [5, 5.41) is 3.57. The second-order valence-electron chi connectivity index (χ2n) is 8.69. The van der Waals surface area contributed by atoms with Crippen LogP contribution in [0.1, 0.15) is 18.4 Å². The summed E-state index contributed by atoms with van der Waals surface area (Å²) in [7, 11) is 0. The molecule has 0 saturated carbocycles. The fourth-order valence-electron chi connectivity index (χ4n) is 4.53. The van der Waals surface area contributed by atoms with Gasteiger partial charge >= 0.3 is 6.09 Å². The summed E-state index contributed by atoms with van der Waals surface area (Å²) in [6.45, 7) is 1.97. The molecule has 9 heteroatoms. The quantitative estimate of drug-likeness (QED) is 0.418. The number of amides is 2. The Morgan fingerprint density at radius 1 is 1.00 bits per heavy atom. The van der Waals surface area contributed by atoms with Gasteiger partial charge in [0.2, 0.25) is 5.91 Å². The minimum Gasteiger partial charge on any atom is -0.457 e. The molecule has 1 fully saturated rings. The van der Waals surface area contributed by atoms with Crippen molar-refractivity contribution in [1.82, 2.24) is 4.90 Å². The molecule has 3 aromatic carbocycles. The lowest BCUT2D eigenvalue weighted by Crippen LogP contribution is -2.50. The number of cyclic esters (lactones) is 1. The van der Waals surface area contributed by atoms with E-state index in [-0.39, 0.29) is 37.1 Å². The summed E-state index contributed by atoms with van der Waals surface area (Å²) in [5.74, 6) is 1.40. The number of para-hydroxylation sites is 1. The van der Waals surface area contributed by atoms with Crippen LogP contribution in [0.3, 0.4) is 0 Å². The zero-order valence-corrected chi connectivity index (χ0v) is 21.1. The monoisotopic (exact) mass is 527 g/mol. The van der Waals surface area contributed by atoms with Gasteiger partial charge in [-0.2, -0.15) is 0 Å². The van der Waals surface area contributed by atoms with E-state index in [2.05, 4.69) is 10.2 Å². The van der Waals surface area contributed by atoms with E-state index in [4.69, 9.17) is 21.1 Å². The first-order chi connectivity index (χ1) is 17.0. The maximum Gasteiger partial charge on any atom is 0.414 e. The highest BCUT2D eigenvalue weighted by Gasteiger charge is 2.34. The van der Waals surface area contributed by atoms with Gasteiger partial charge in [-0.15, -0.1) is 12.4 Å². The van der Waals surface area contributed by atoms with Gasteiger partial charge in [0.05, 0.1) is 12.2 Å². The number of fused-ring (bicyclic) bond motifs is 1. The topological polar surface area (TPSA) is 71.1 Å². The smallest absolute Gasteiger partial charge is 0.414 e. The van der Waals surface area contributed by atoms with Crippen LogP contribution in [0.5, 0.6) is 11.5 Å².